The predicted octanol–water partition coefficient (Wildman–Crippen LogP) is 1.42. The van der Waals surface area contributed by atoms with Gasteiger partial charge < -0.3 is 11.5 Å². The number of nitrogens with two attached hydrogens (primary N) is 2. The highest BCUT2D eigenvalue weighted by Gasteiger charge is 2.13. The largest absolute Gasteiger partial charge is 0.370 e. The van der Waals surface area contributed by atoms with Gasteiger partial charge in [0, 0.05) is 23.5 Å². The Morgan fingerprint density at radius 1 is 1.41 bits per heavy atom. The minimum absolute atomic E-state index is 0.146. The zero-order valence-corrected chi connectivity index (χ0v) is 9.68. The summed E-state index contributed by atoms with van der Waals surface area (Å²) in [4.78, 5) is 15.4. The molecule has 4 nitrogen and oxygen atoms in total. The van der Waals surface area contributed by atoms with Gasteiger partial charge in [0.15, 0.2) is 0 Å². The van der Waals surface area contributed by atoms with Crippen molar-refractivity contribution in [2.24, 2.45) is 11.5 Å². The molecular weight excluding hydrogens is 214 g/mol. The molecule has 0 spiro atoms. The Kier molecular flexibility index (Phi) is 3.06. The molecule has 1 unspecified atom stereocenters. The highest BCUT2D eigenvalue weighted by molar-refractivity contribution is 5.84. The lowest BCUT2D eigenvalue weighted by molar-refractivity contribution is -0.118. The summed E-state index contributed by atoms with van der Waals surface area (Å²) in [7, 11) is 0. The van der Waals surface area contributed by atoms with Crippen molar-refractivity contribution < 1.29 is 4.79 Å². The maximum Gasteiger partial charge on any atom is 0.219 e. The first-order valence-corrected chi connectivity index (χ1v) is 5.48. The van der Waals surface area contributed by atoms with Crippen molar-refractivity contribution in [3.8, 4) is 0 Å². The number of nitrogens with zero attached hydrogens (tertiary/aromatic N) is 1. The standard InChI is InChI=1S/C13H15N3O/c1-8-6-10(11(14)7-13(15)17)9-4-2-3-5-12(9)16-8/h2-6,11H,7,14H2,1H3,(H2,15,17). The van der Waals surface area contributed by atoms with Crippen LogP contribution in [0.2, 0.25) is 0 Å². The molecule has 2 aromatic rings. The molecule has 0 radical (unpaired) electrons. The molecular formula is C13H15N3O. The molecule has 1 aromatic heterocycles. The molecule has 1 atom stereocenters. The third-order valence-electron chi connectivity index (χ3n) is 2.70. The van der Waals surface area contributed by atoms with Gasteiger partial charge in [-0.2, -0.15) is 0 Å². The van der Waals surface area contributed by atoms with Gasteiger partial charge in [0.25, 0.3) is 0 Å². The molecule has 88 valence electrons. The summed E-state index contributed by atoms with van der Waals surface area (Å²) in [5.74, 6) is -0.393. The van der Waals surface area contributed by atoms with Crippen LogP contribution in [0.25, 0.3) is 10.9 Å². The number of carbonyl (C=O) groups is 1. The fourth-order valence-electron chi connectivity index (χ4n) is 1.97. The van der Waals surface area contributed by atoms with E-state index in [1.807, 2.05) is 37.3 Å². The fraction of sp³-hybridized carbons (Fsp3) is 0.231. The monoisotopic (exact) mass is 229 g/mol. The van der Waals surface area contributed by atoms with Gasteiger partial charge in [-0.15, -0.1) is 0 Å². The van der Waals surface area contributed by atoms with Gasteiger partial charge in [-0.05, 0) is 24.6 Å². The van der Waals surface area contributed by atoms with Crippen molar-refractivity contribution in [2.45, 2.75) is 19.4 Å². The highest BCUT2D eigenvalue weighted by Crippen LogP contribution is 2.24. The number of hydrogen-bond acceptors (Lipinski definition) is 3. The molecule has 0 saturated heterocycles. The number of primary amides is 1. The van der Waals surface area contributed by atoms with E-state index in [-0.39, 0.29) is 12.5 Å². The molecule has 2 rings (SSSR count). The van der Waals surface area contributed by atoms with E-state index >= 15 is 0 Å². The first-order chi connectivity index (χ1) is 8.08. The van der Waals surface area contributed by atoms with Gasteiger partial charge >= 0.3 is 0 Å². The van der Waals surface area contributed by atoms with E-state index in [4.69, 9.17) is 11.5 Å². The highest BCUT2D eigenvalue weighted by atomic mass is 16.1. The molecule has 0 saturated carbocycles. The molecule has 0 aliphatic carbocycles. The van der Waals surface area contributed by atoms with E-state index in [1.165, 1.54) is 0 Å². The molecule has 1 amide bonds. The Morgan fingerprint density at radius 2 is 2.12 bits per heavy atom. The summed E-state index contributed by atoms with van der Waals surface area (Å²) in [6.45, 7) is 1.91. The number of carbonyl (C=O) groups excluding carboxylic acids is 1. The third kappa shape index (κ3) is 2.42. The maximum atomic E-state index is 10.9. The summed E-state index contributed by atoms with van der Waals surface area (Å²) in [6, 6.07) is 9.29. The number of aromatic nitrogens is 1. The first-order valence-electron chi connectivity index (χ1n) is 5.48. The van der Waals surface area contributed by atoms with Crippen LogP contribution in [0.3, 0.4) is 0 Å². The minimum atomic E-state index is -0.393. The number of fused-ring (bicyclic) bond motifs is 1. The van der Waals surface area contributed by atoms with Crippen molar-refractivity contribution in [1.82, 2.24) is 4.98 Å². The average molecular weight is 229 g/mol. The molecule has 17 heavy (non-hydrogen) atoms. The van der Waals surface area contributed by atoms with E-state index in [2.05, 4.69) is 4.98 Å². The molecule has 0 fully saturated rings. The van der Waals surface area contributed by atoms with Crippen LogP contribution < -0.4 is 11.5 Å². The topological polar surface area (TPSA) is 82.0 Å². The van der Waals surface area contributed by atoms with Gasteiger partial charge in [-0.1, -0.05) is 18.2 Å². The van der Waals surface area contributed by atoms with Gasteiger partial charge in [-0.25, -0.2) is 0 Å². The third-order valence-corrected chi connectivity index (χ3v) is 2.70. The van der Waals surface area contributed by atoms with Gasteiger partial charge in [0.05, 0.1) is 5.52 Å². The molecule has 1 heterocycles. The zero-order chi connectivity index (χ0) is 12.4. The Morgan fingerprint density at radius 3 is 2.82 bits per heavy atom. The van der Waals surface area contributed by atoms with Crippen molar-refractivity contribution in [3.05, 3.63) is 41.6 Å². The lowest BCUT2D eigenvalue weighted by Gasteiger charge is -2.13. The second kappa shape index (κ2) is 4.51. The summed E-state index contributed by atoms with van der Waals surface area (Å²) in [6.07, 6.45) is 0.146. The first kappa shape index (κ1) is 11.5. The summed E-state index contributed by atoms with van der Waals surface area (Å²) in [5.41, 5.74) is 13.9. The molecule has 4 N–H and O–H groups in total. The van der Waals surface area contributed by atoms with E-state index in [0.29, 0.717) is 0 Å². The SMILES string of the molecule is Cc1cc(C(N)CC(N)=O)c2ccccc2n1. The van der Waals surface area contributed by atoms with Crippen LogP contribution in [0.15, 0.2) is 30.3 Å². The molecule has 0 aliphatic rings. The zero-order valence-electron chi connectivity index (χ0n) is 9.68. The minimum Gasteiger partial charge on any atom is -0.370 e. The summed E-state index contributed by atoms with van der Waals surface area (Å²) < 4.78 is 0. The van der Waals surface area contributed by atoms with Crippen LogP contribution in [-0.2, 0) is 4.79 Å². The Bertz CT molecular complexity index is 566. The van der Waals surface area contributed by atoms with Crippen molar-refractivity contribution in [3.63, 3.8) is 0 Å². The molecule has 0 bridgehead atoms. The fourth-order valence-corrected chi connectivity index (χ4v) is 1.97. The quantitative estimate of drug-likeness (QED) is 0.835. The van der Waals surface area contributed by atoms with Crippen LogP contribution in [0.5, 0.6) is 0 Å². The second-order valence-electron chi connectivity index (χ2n) is 4.15. The predicted molar refractivity (Wildman–Crippen MR) is 67.2 cm³/mol. The number of benzene rings is 1. The molecule has 0 aliphatic heterocycles. The normalized spacial score (nSPS) is 12.6. The number of pyridine rings is 1. The molecule has 1 aromatic carbocycles. The van der Waals surface area contributed by atoms with Crippen molar-refractivity contribution in [1.29, 1.82) is 0 Å². The Hall–Kier alpha value is -1.94. The van der Waals surface area contributed by atoms with Gasteiger partial charge in [0.2, 0.25) is 5.91 Å². The second-order valence-corrected chi connectivity index (χ2v) is 4.15. The number of para-hydroxylation sites is 1. The van der Waals surface area contributed by atoms with Gasteiger partial charge in [-0.3, -0.25) is 9.78 Å². The average Bonchev–Trinajstić information content (AvgIpc) is 2.26. The lowest BCUT2D eigenvalue weighted by atomic mass is 9.99. The van der Waals surface area contributed by atoms with Gasteiger partial charge in [0.1, 0.15) is 0 Å². The lowest BCUT2D eigenvalue weighted by Crippen LogP contribution is -2.21. The Labute approximate surface area is 99.6 Å². The van der Waals surface area contributed by atoms with Crippen LogP contribution in [-0.4, -0.2) is 10.9 Å². The van der Waals surface area contributed by atoms with E-state index < -0.39 is 5.91 Å². The summed E-state index contributed by atoms with van der Waals surface area (Å²) in [5, 5.41) is 0.979. The Balaban J connectivity index is 2.55. The van der Waals surface area contributed by atoms with E-state index in [0.717, 1.165) is 22.2 Å². The number of amides is 1. The number of aryl methyl sites for hydroxylation is 1. The smallest absolute Gasteiger partial charge is 0.219 e. The van der Waals surface area contributed by atoms with Crippen LogP contribution >= 0.6 is 0 Å². The maximum absolute atomic E-state index is 10.9. The molecule has 4 heteroatoms. The van der Waals surface area contributed by atoms with E-state index in [1.54, 1.807) is 0 Å². The van der Waals surface area contributed by atoms with E-state index in [9.17, 15) is 4.79 Å². The summed E-state index contributed by atoms with van der Waals surface area (Å²) >= 11 is 0. The number of hydrogen-bond donors (Lipinski definition) is 2. The number of rotatable bonds is 3. The van der Waals surface area contributed by atoms with Crippen molar-refractivity contribution in [2.75, 3.05) is 0 Å². The van der Waals surface area contributed by atoms with Crippen LogP contribution in [0, 0.1) is 6.92 Å². The van der Waals surface area contributed by atoms with Crippen LogP contribution in [0.4, 0.5) is 0 Å². The van der Waals surface area contributed by atoms with Crippen LogP contribution in [0.1, 0.15) is 23.7 Å². The van der Waals surface area contributed by atoms with Crippen molar-refractivity contribution >= 4 is 16.8 Å².